The molecule has 0 bridgehead atoms. The van der Waals surface area contributed by atoms with Gasteiger partial charge < -0.3 is 10.2 Å². The van der Waals surface area contributed by atoms with E-state index >= 15 is 0 Å². The fourth-order valence-electron chi connectivity index (χ4n) is 3.89. The van der Waals surface area contributed by atoms with E-state index in [2.05, 4.69) is 5.32 Å². The van der Waals surface area contributed by atoms with Gasteiger partial charge in [0.05, 0.1) is 10.6 Å². The van der Waals surface area contributed by atoms with Crippen LogP contribution in [-0.4, -0.2) is 44.3 Å². The molecule has 7 nitrogen and oxygen atoms in total. The highest BCUT2D eigenvalue weighted by Crippen LogP contribution is 2.26. The SMILES string of the molecule is CCCCNC(=O)[C@H](C)N(Cc1ccc(C)cc1)C(=O)CN(c1cccc(Cl)c1)S(=O)(=O)c1ccccc1. The molecular weight excluding hydrogens is 522 g/mol. The quantitative estimate of drug-likeness (QED) is 0.312. The van der Waals surface area contributed by atoms with Crippen LogP contribution in [0.5, 0.6) is 0 Å². The van der Waals surface area contributed by atoms with Gasteiger partial charge in [-0.3, -0.25) is 13.9 Å². The number of rotatable bonds is 12. The van der Waals surface area contributed by atoms with Crippen LogP contribution in [0.25, 0.3) is 0 Å². The maximum absolute atomic E-state index is 13.8. The van der Waals surface area contributed by atoms with Crippen molar-refractivity contribution in [2.45, 2.75) is 51.1 Å². The number of sulfonamides is 1. The Morgan fingerprint density at radius 1 is 0.974 bits per heavy atom. The molecule has 0 heterocycles. The van der Waals surface area contributed by atoms with Crippen molar-refractivity contribution in [2.24, 2.45) is 0 Å². The smallest absolute Gasteiger partial charge is 0.264 e. The third-order valence-electron chi connectivity index (χ3n) is 6.18. The number of benzene rings is 3. The van der Waals surface area contributed by atoms with Crippen LogP contribution in [0.4, 0.5) is 5.69 Å². The predicted octanol–water partition coefficient (Wildman–Crippen LogP) is 5.18. The normalized spacial score (nSPS) is 12.0. The minimum atomic E-state index is -4.11. The molecule has 3 aromatic carbocycles. The summed E-state index contributed by atoms with van der Waals surface area (Å²) in [6.07, 6.45) is 1.74. The number of nitrogens with zero attached hydrogens (tertiary/aromatic N) is 2. The molecule has 0 radical (unpaired) electrons. The number of amides is 2. The van der Waals surface area contributed by atoms with Crippen LogP contribution in [0, 0.1) is 6.92 Å². The van der Waals surface area contributed by atoms with Gasteiger partial charge in [0.25, 0.3) is 10.0 Å². The second-order valence-electron chi connectivity index (χ2n) is 9.13. The third kappa shape index (κ3) is 7.58. The van der Waals surface area contributed by atoms with Crippen LogP contribution in [-0.2, 0) is 26.2 Å². The van der Waals surface area contributed by atoms with Gasteiger partial charge in [0.15, 0.2) is 0 Å². The highest BCUT2D eigenvalue weighted by molar-refractivity contribution is 7.92. The van der Waals surface area contributed by atoms with E-state index in [1.165, 1.54) is 23.1 Å². The zero-order chi connectivity index (χ0) is 27.7. The number of aryl methyl sites for hydroxylation is 1. The van der Waals surface area contributed by atoms with Gasteiger partial charge in [-0.05, 0) is 56.2 Å². The van der Waals surface area contributed by atoms with E-state index in [0.29, 0.717) is 11.6 Å². The highest BCUT2D eigenvalue weighted by Gasteiger charge is 2.32. The average Bonchev–Trinajstić information content (AvgIpc) is 2.91. The Balaban J connectivity index is 1.98. The molecule has 2 amide bonds. The first kappa shape index (κ1) is 29.2. The summed E-state index contributed by atoms with van der Waals surface area (Å²) < 4.78 is 28.5. The highest BCUT2D eigenvalue weighted by atomic mass is 35.5. The van der Waals surface area contributed by atoms with Crippen LogP contribution in [0.3, 0.4) is 0 Å². The van der Waals surface area contributed by atoms with E-state index in [-0.39, 0.29) is 23.0 Å². The van der Waals surface area contributed by atoms with Crippen LogP contribution in [0.15, 0.2) is 83.8 Å². The van der Waals surface area contributed by atoms with Crippen molar-refractivity contribution in [2.75, 3.05) is 17.4 Å². The first-order valence-electron chi connectivity index (χ1n) is 12.6. The minimum absolute atomic E-state index is 0.0446. The zero-order valence-electron chi connectivity index (χ0n) is 21.9. The maximum atomic E-state index is 13.8. The van der Waals surface area contributed by atoms with Gasteiger partial charge in [-0.1, -0.05) is 79.0 Å². The molecule has 9 heteroatoms. The molecule has 0 aromatic heterocycles. The van der Waals surface area contributed by atoms with Gasteiger partial charge in [0, 0.05) is 18.1 Å². The fourth-order valence-corrected chi connectivity index (χ4v) is 5.50. The molecule has 0 saturated carbocycles. The minimum Gasteiger partial charge on any atom is -0.354 e. The molecule has 38 heavy (non-hydrogen) atoms. The van der Waals surface area contributed by atoms with Crippen molar-refractivity contribution in [3.8, 4) is 0 Å². The number of unbranched alkanes of at least 4 members (excludes halogenated alkanes) is 1. The van der Waals surface area contributed by atoms with Crippen molar-refractivity contribution >= 4 is 39.1 Å². The third-order valence-corrected chi connectivity index (χ3v) is 8.20. The lowest BCUT2D eigenvalue weighted by molar-refractivity contribution is -0.139. The predicted molar refractivity (Wildman–Crippen MR) is 152 cm³/mol. The number of carbonyl (C=O) groups excluding carboxylic acids is 2. The van der Waals surface area contributed by atoms with E-state index in [1.807, 2.05) is 38.1 Å². The van der Waals surface area contributed by atoms with Crippen molar-refractivity contribution in [1.29, 1.82) is 0 Å². The molecule has 0 aliphatic rings. The van der Waals surface area contributed by atoms with Gasteiger partial charge in [0.1, 0.15) is 12.6 Å². The number of anilines is 1. The Labute approximate surface area is 230 Å². The second-order valence-corrected chi connectivity index (χ2v) is 11.4. The summed E-state index contributed by atoms with van der Waals surface area (Å²) in [5, 5.41) is 3.22. The summed E-state index contributed by atoms with van der Waals surface area (Å²) >= 11 is 6.19. The number of halogens is 1. The van der Waals surface area contributed by atoms with Gasteiger partial charge in [0.2, 0.25) is 11.8 Å². The Kier molecular flexibility index (Phi) is 10.3. The Bertz CT molecular complexity index is 1330. The van der Waals surface area contributed by atoms with Gasteiger partial charge in [-0.2, -0.15) is 0 Å². The molecular formula is C29H34ClN3O4S. The van der Waals surface area contributed by atoms with Crippen molar-refractivity contribution in [3.05, 3.63) is 95.0 Å². The van der Waals surface area contributed by atoms with E-state index < -0.39 is 28.5 Å². The molecule has 0 aliphatic heterocycles. The maximum Gasteiger partial charge on any atom is 0.264 e. The monoisotopic (exact) mass is 555 g/mol. The van der Waals surface area contributed by atoms with Gasteiger partial charge in [-0.25, -0.2) is 8.42 Å². The number of hydrogen-bond donors (Lipinski definition) is 1. The summed E-state index contributed by atoms with van der Waals surface area (Å²) in [6, 6.07) is 21.1. The Morgan fingerprint density at radius 3 is 2.29 bits per heavy atom. The molecule has 0 saturated heterocycles. The lowest BCUT2D eigenvalue weighted by Gasteiger charge is -2.32. The summed E-state index contributed by atoms with van der Waals surface area (Å²) in [6.45, 7) is 5.80. The summed E-state index contributed by atoms with van der Waals surface area (Å²) in [7, 11) is -4.11. The average molecular weight is 556 g/mol. The molecule has 0 spiro atoms. The van der Waals surface area contributed by atoms with Crippen LogP contribution >= 0.6 is 11.6 Å². The fraction of sp³-hybridized carbons (Fsp3) is 0.310. The number of nitrogens with one attached hydrogen (secondary N) is 1. The topological polar surface area (TPSA) is 86.8 Å². The lowest BCUT2D eigenvalue weighted by atomic mass is 10.1. The molecule has 0 aliphatic carbocycles. The Hall–Kier alpha value is -3.36. The van der Waals surface area contributed by atoms with E-state index in [1.54, 1.807) is 43.3 Å². The molecule has 0 unspecified atom stereocenters. The largest absolute Gasteiger partial charge is 0.354 e. The molecule has 0 fully saturated rings. The van der Waals surface area contributed by atoms with E-state index in [9.17, 15) is 18.0 Å². The lowest BCUT2D eigenvalue weighted by Crippen LogP contribution is -2.51. The molecule has 1 atom stereocenters. The van der Waals surface area contributed by atoms with Gasteiger partial charge in [-0.15, -0.1) is 0 Å². The number of hydrogen-bond acceptors (Lipinski definition) is 4. The summed E-state index contributed by atoms with van der Waals surface area (Å²) in [4.78, 5) is 28.3. The zero-order valence-corrected chi connectivity index (χ0v) is 23.5. The van der Waals surface area contributed by atoms with Crippen molar-refractivity contribution in [1.82, 2.24) is 10.2 Å². The van der Waals surface area contributed by atoms with E-state index in [0.717, 1.165) is 28.3 Å². The second kappa shape index (κ2) is 13.4. The summed E-state index contributed by atoms with van der Waals surface area (Å²) in [5.41, 5.74) is 2.15. The van der Waals surface area contributed by atoms with E-state index in [4.69, 9.17) is 11.6 Å². The molecule has 1 N–H and O–H groups in total. The first-order valence-corrected chi connectivity index (χ1v) is 14.4. The van der Waals surface area contributed by atoms with Crippen LogP contribution in [0.1, 0.15) is 37.8 Å². The van der Waals surface area contributed by atoms with Gasteiger partial charge >= 0.3 is 0 Å². The van der Waals surface area contributed by atoms with Crippen LogP contribution < -0.4 is 9.62 Å². The standard InChI is InChI=1S/C29H34ClN3O4S/c1-4-5-18-31-29(35)23(3)32(20-24-16-14-22(2)15-17-24)28(34)21-33(26-11-9-10-25(30)19-26)38(36,37)27-12-7-6-8-13-27/h6-17,19,23H,4-5,18,20-21H2,1-3H3,(H,31,35)/t23-/m0/s1. The summed E-state index contributed by atoms with van der Waals surface area (Å²) in [5.74, 6) is -0.803. The Morgan fingerprint density at radius 2 is 1.66 bits per heavy atom. The van der Waals surface area contributed by atoms with Crippen molar-refractivity contribution < 1.29 is 18.0 Å². The van der Waals surface area contributed by atoms with Crippen LogP contribution in [0.2, 0.25) is 5.02 Å². The molecule has 202 valence electrons. The van der Waals surface area contributed by atoms with Crippen molar-refractivity contribution in [3.63, 3.8) is 0 Å². The number of carbonyl (C=O) groups is 2. The molecule has 3 aromatic rings. The molecule has 3 rings (SSSR count). The first-order chi connectivity index (χ1) is 18.1.